The number of aliphatic imine (C=N–C) groups is 1. The van der Waals surface area contributed by atoms with Gasteiger partial charge in [0.05, 0.1) is 6.61 Å². The molecule has 186 valence electrons. The zero-order valence-electron chi connectivity index (χ0n) is 20.5. The first-order chi connectivity index (χ1) is 18.1. The predicted octanol–water partition coefficient (Wildman–Crippen LogP) is 3.88. The molecule has 4 aromatic carbocycles. The number of carbonyl (C=O) groups is 1. The van der Waals surface area contributed by atoms with Gasteiger partial charge in [-0.15, -0.1) is 0 Å². The monoisotopic (exact) mass is 509 g/mol. The third-order valence-electron chi connectivity index (χ3n) is 6.33. The molecule has 0 amide bonds. The minimum Gasteiger partial charge on any atom is -0.462 e. The highest BCUT2D eigenvalue weighted by atomic mass is 31.2. The lowest BCUT2D eigenvalue weighted by atomic mass is 10.2. The first-order valence-electron chi connectivity index (χ1n) is 12.2. The standard InChI is InChI=1S/C31H28NO4P/c1-2-35-30(33)28(31(34)23-32-29(36-31)24-15-7-3-8-16-24)37(25-17-9-4-10-18-25,26-19-11-5-12-20-26)27-21-13-6-14-22-27/h3-22,34H,2,23H2,1H3. The van der Waals surface area contributed by atoms with Crippen LogP contribution in [0.5, 0.6) is 0 Å². The van der Waals surface area contributed by atoms with Gasteiger partial charge in [-0.3, -0.25) is 0 Å². The Bertz CT molecular complexity index is 1350. The SMILES string of the molecule is CCOC(=O)C(C1(O)CN=C(c2ccccc2)O1)=P(c1ccccc1)(c1ccccc1)c1ccccc1. The molecule has 0 bridgehead atoms. The van der Waals surface area contributed by atoms with Crippen LogP contribution in [0.2, 0.25) is 0 Å². The third-order valence-corrected chi connectivity index (χ3v) is 10.7. The summed E-state index contributed by atoms with van der Waals surface area (Å²) in [7, 11) is 0. The van der Waals surface area contributed by atoms with Gasteiger partial charge >= 0.3 is 5.97 Å². The van der Waals surface area contributed by atoms with Crippen LogP contribution in [-0.2, 0) is 14.3 Å². The van der Waals surface area contributed by atoms with E-state index in [-0.39, 0.29) is 24.3 Å². The molecule has 0 radical (unpaired) electrons. The fraction of sp³-hybridized carbons (Fsp3) is 0.129. The molecule has 0 aromatic heterocycles. The predicted molar refractivity (Wildman–Crippen MR) is 151 cm³/mol. The summed E-state index contributed by atoms with van der Waals surface area (Å²) in [6, 6.07) is 38.9. The van der Waals surface area contributed by atoms with Gasteiger partial charge in [-0.25, -0.2) is 9.79 Å². The average molecular weight is 510 g/mol. The Morgan fingerprint density at radius 1 is 0.811 bits per heavy atom. The van der Waals surface area contributed by atoms with Crippen LogP contribution in [0.3, 0.4) is 0 Å². The molecule has 5 rings (SSSR count). The van der Waals surface area contributed by atoms with E-state index >= 15 is 0 Å². The second-order valence-corrected chi connectivity index (χ2v) is 12.0. The highest BCUT2D eigenvalue weighted by Gasteiger charge is 2.50. The summed E-state index contributed by atoms with van der Waals surface area (Å²) in [5, 5.41) is 15.1. The van der Waals surface area contributed by atoms with E-state index in [1.54, 1.807) is 6.92 Å². The Kier molecular flexibility index (Phi) is 7.09. The van der Waals surface area contributed by atoms with Crippen LogP contribution >= 0.6 is 6.89 Å². The van der Waals surface area contributed by atoms with Gasteiger partial charge in [-0.1, -0.05) is 109 Å². The summed E-state index contributed by atoms with van der Waals surface area (Å²) in [6.45, 7) is -1.20. The molecule has 1 unspecified atom stereocenters. The summed E-state index contributed by atoms with van der Waals surface area (Å²) in [5.41, 5.74) is 0.727. The lowest BCUT2D eigenvalue weighted by molar-refractivity contribution is -0.138. The summed E-state index contributed by atoms with van der Waals surface area (Å²) in [4.78, 5) is 18.6. The molecule has 1 heterocycles. The quantitative estimate of drug-likeness (QED) is 0.303. The van der Waals surface area contributed by atoms with E-state index in [1.165, 1.54) is 0 Å². The van der Waals surface area contributed by atoms with Crippen molar-refractivity contribution in [2.75, 3.05) is 13.2 Å². The van der Waals surface area contributed by atoms with Crippen molar-refractivity contribution in [2.45, 2.75) is 12.7 Å². The largest absolute Gasteiger partial charge is 0.462 e. The van der Waals surface area contributed by atoms with E-state index in [0.717, 1.165) is 21.5 Å². The highest BCUT2D eigenvalue weighted by Crippen LogP contribution is 2.49. The normalized spacial score (nSPS) is 17.0. The number of hydrogen-bond donors (Lipinski definition) is 1. The Balaban J connectivity index is 1.89. The van der Waals surface area contributed by atoms with Crippen LogP contribution < -0.4 is 15.9 Å². The molecule has 37 heavy (non-hydrogen) atoms. The van der Waals surface area contributed by atoms with E-state index < -0.39 is 18.6 Å². The third kappa shape index (κ3) is 4.53. The molecule has 0 saturated heterocycles. The van der Waals surface area contributed by atoms with Crippen molar-refractivity contribution in [2.24, 2.45) is 4.99 Å². The van der Waals surface area contributed by atoms with E-state index in [4.69, 9.17) is 9.47 Å². The van der Waals surface area contributed by atoms with Crippen LogP contribution in [0.1, 0.15) is 12.5 Å². The van der Waals surface area contributed by atoms with Gasteiger partial charge in [0, 0.05) is 5.56 Å². The topological polar surface area (TPSA) is 68.1 Å². The highest BCUT2D eigenvalue weighted by molar-refractivity contribution is 7.96. The molecule has 4 aromatic rings. The van der Waals surface area contributed by atoms with Crippen molar-refractivity contribution in [3.8, 4) is 0 Å². The van der Waals surface area contributed by atoms with E-state index in [1.807, 2.05) is 121 Å². The maximum Gasteiger partial charge on any atom is 0.341 e. The van der Waals surface area contributed by atoms with Crippen molar-refractivity contribution < 1.29 is 19.4 Å². The number of aliphatic hydroxyl groups is 1. The van der Waals surface area contributed by atoms with Crippen molar-refractivity contribution >= 4 is 40.0 Å². The van der Waals surface area contributed by atoms with Gasteiger partial charge in [0.1, 0.15) is 11.8 Å². The molecule has 1 aliphatic rings. The lowest BCUT2D eigenvalue weighted by Gasteiger charge is -2.36. The van der Waals surface area contributed by atoms with Crippen molar-refractivity contribution in [1.82, 2.24) is 0 Å². The van der Waals surface area contributed by atoms with Gasteiger partial charge in [0.25, 0.3) is 5.79 Å². The van der Waals surface area contributed by atoms with E-state index in [2.05, 4.69) is 4.99 Å². The molecular weight excluding hydrogens is 481 g/mol. The first kappa shape index (κ1) is 24.8. The van der Waals surface area contributed by atoms with Gasteiger partial charge in [0.15, 0.2) is 0 Å². The van der Waals surface area contributed by atoms with Crippen molar-refractivity contribution in [1.29, 1.82) is 0 Å². The molecule has 1 atom stereocenters. The maximum absolute atomic E-state index is 14.0. The fourth-order valence-electron chi connectivity index (χ4n) is 4.80. The smallest absolute Gasteiger partial charge is 0.341 e. The van der Waals surface area contributed by atoms with Gasteiger partial charge in [-0.2, -0.15) is 0 Å². The van der Waals surface area contributed by atoms with Gasteiger partial charge in [0.2, 0.25) is 5.90 Å². The minimum absolute atomic E-state index is 0.125. The summed E-state index contributed by atoms with van der Waals surface area (Å²) < 4.78 is 11.9. The second-order valence-electron chi connectivity index (χ2n) is 8.62. The number of nitrogens with zero attached hydrogens (tertiary/aromatic N) is 1. The number of rotatable bonds is 7. The Morgan fingerprint density at radius 2 is 1.24 bits per heavy atom. The molecule has 6 heteroatoms. The molecule has 0 spiro atoms. The van der Waals surface area contributed by atoms with Crippen LogP contribution in [0.15, 0.2) is 126 Å². The molecule has 0 aliphatic carbocycles. The molecule has 1 aliphatic heterocycles. The number of carbonyl (C=O) groups excluding carboxylic acids is 1. The number of esters is 1. The number of ether oxygens (including phenoxy) is 2. The van der Waals surface area contributed by atoms with E-state index in [9.17, 15) is 9.90 Å². The van der Waals surface area contributed by atoms with Crippen molar-refractivity contribution in [3.63, 3.8) is 0 Å². The number of hydrogen-bond acceptors (Lipinski definition) is 5. The van der Waals surface area contributed by atoms with Crippen LogP contribution in [-0.4, -0.2) is 41.2 Å². The average Bonchev–Trinajstić information content (AvgIpc) is 3.36. The van der Waals surface area contributed by atoms with Crippen LogP contribution in [0.4, 0.5) is 0 Å². The molecular formula is C31H28NO4P. The summed E-state index contributed by atoms with van der Waals surface area (Å²) in [6.07, 6.45) is 0. The molecule has 5 nitrogen and oxygen atoms in total. The molecule has 0 fully saturated rings. The number of benzene rings is 4. The molecule has 0 saturated carbocycles. The first-order valence-corrected chi connectivity index (χ1v) is 14.0. The zero-order chi connectivity index (χ0) is 25.7. The Labute approximate surface area is 217 Å². The lowest BCUT2D eigenvalue weighted by Crippen LogP contribution is -2.51. The molecule has 1 N–H and O–H groups in total. The van der Waals surface area contributed by atoms with Gasteiger partial charge < -0.3 is 14.6 Å². The minimum atomic E-state index is -2.99. The van der Waals surface area contributed by atoms with Gasteiger partial charge in [-0.05, 0) is 41.9 Å². The summed E-state index contributed by atoms with van der Waals surface area (Å²) >= 11 is 0. The zero-order valence-corrected chi connectivity index (χ0v) is 21.4. The fourth-order valence-corrected chi connectivity index (χ4v) is 9.31. The van der Waals surface area contributed by atoms with E-state index in [0.29, 0.717) is 0 Å². The van der Waals surface area contributed by atoms with Crippen LogP contribution in [0.25, 0.3) is 0 Å². The maximum atomic E-state index is 14.0. The van der Waals surface area contributed by atoms with Crippen molar-refractivity contribution in [3.05, 3.63) is 127 Å². The second kappa shape index (κ2) is 10.6. The Hall–Kier alpha value is -3.92. The van der Waals surface area contributed by atoms with Crippen LogP contribution in [0, 0.1) is 0 Å². The summed E-state index contributed by atoms with van der Waals surface area (Å²) in [5.74, 6) is -2.32. The Morgan fingerprint density at radius 3 is 1.68 bits per heavy atom.